The number of thiophene rings is 2. The number of rotatable bonds is 6. The predicted octanol–water partition coefficient (Wildman–Crippen LogP) is 8.53. The third kappa shape index (κ3) is 4.94. The molecule has 0 aromatic carbocycles. The molecule has 0 fully saturated rings. The molecule has 0 amide bonds. The number of hydrogen-bond donors (Lipinski definition) is 0. The van der Waals surface area contributed by atoms with Crippen LogP contribution in [-0.2, 0) is 32.0 Å². The molecule has 5 heteroatoms. The Kier molecular flexibility index (Phi) is 6.42. The van der Waals surface area contributed by atoms with E-state index in [9.17, 15) is 0 Å². The second kappa shape index (κ2) is 8.65. The van der Waals surface area contributed by atoms with Gasteiger partial charge in [0.2, 0.25) is 0 Å². The zero-order chi connectivity index (χ0) is 22.3. The van der Waals surface area contributed by atoms with Gasteiger partial charge in [0, 0.05) is 0 Å². The van der Waals surface area contributed by atoms with Crippen molar-refractivity contribution in [2.45, 2.75) is 65.2 Å². The fourth-order valence-electron chi connectivity index (χ4n) is 3.68. The molecule has 0 aliphatic heterocycles. The summed E-state index contributed by atoms with van der Waals surface area (Å²) in [7, 11) is 0. The van der Waals surface area contributed by atoms with Crippen molar-refractivity contribution in [2.24, 2.45) is 0 Å². The second-order valence-electron chi connectivity index (χ2n) is 10.3. The Morgan fingerprint density at radius 1 is 0.710 bits per heavy atom. The minimum absolute atomic E-state index is 0.106. The van der Waals surface area contributed by atoms with Crippen LogP contribution in [0.2, 0.25) is 0 Å². The molecule has 2 aromatic heterocycles. The summed E-state index contributed by atoms with van der Waals surface area (Å²) in [5.41, 5.74) is 2.84. The van der Waals surface area contributed by atoms with Crippen LogP contribution in [0.5, 0.6) is 10.1 Å². The van der Waals surface area contributed by atoms with Gasteiger partial charge < -0.3 is 0 Å². The van der Waals surface area contributed by atoms with Gasteiger partial charge in [-0.25, -0.2) is 0 Å². The van der Waals surface area contributed by atoms with Crippen LogP contribution in [0, 0.1) is 0 Å². The minimum atomic E-state index is -3.88. The third-order valence-corrected chi connectivity index (χ3v) is 16.6. The standard InChI is InChI=1S/2C8H12OS.2C5H5.Zr/c2*1-8(2,3)6-4-7(9)10-5-6;2*1-2-4-5-3-1;/h2*4-5,9H,1-3H3;2*1-3H,4H2;/q;;;;+2/p-2. The van der Waals surface area contributed by atoms with Gasteiger partial charge in [-0.2, -0.15) is 0 Å². The van der Waals surface area contributed by atoms with E-state index in [4.69, 9.17) is 5.63 Å². The van der Waals surface area contributed by atoms with Gasteiger partial charge in [0.25, 0.3) is 0 Å². The van der Waals surface area contributed by atoms with Crippen LogP contribution in [-0.4, -0.2) is 0 Å². The second-order valence-corrected chi connectivity index (χ2v) is 19.2. The van der Waals surface area contributed by atoms with Crippen molar-refractivity contribution in [3.8, 4) is 10.1 Å². The van der Waals surface area contributed by atoms with Crippen molar-refractivity contribution in [1.29, 1.82) is 0 Å². The van der Waals surface area contributed by atoms with Crippen molar-refractivity contribution in [2.75, 3.05) is 0 Å². The summed E-state index contributed by atoms with van der Waals surface area (Å²) in [6, 6.07) is 4.45. The quantitative estimate of drug-likeness (QED) is 0.372. The molecule has 2 aromatic rings. The third-order valence-electron chi connectivity index (χ3n) is 5.76. The van der Waals surface area contributed by atoms with E-state index in [0.29, 0.717) is 0 Å². The average Bonchev–Trinajstić information content (AvgIpc) is 3.47. The number of allylic oxidation sites excluding steroid dienone is 8. The first-order chi connectivity index (χ1) is 14.6. The monoisotopic (exact) mass is 530 g/mol. The van der Waals surface area contributed by atoms with E-state index < -0.39 is 21.1 Å². The predicted molar refractivity (Wildman–Crippen MR) is 131 cm³/mol. The van der Waals surface area contributed by atoms with Crippen LogP contribution in [0.3, 0.4) is 0 Å². The van der Waals surface area contributed by atoms with Crippen molar-refractivity contribution in [3.63, 3.8) is 0 Å². The van der Waals surface area contributed by atoms with Gasteiger partial charge in [0.1, 0.15) is 0 Å². The van der Waals surface area contributed by atoms with Crippen molar-refractivity contribution < 1.29 is 26.8 Å². The summed E-state index contributed by atoms with van der Waals surface area (Å²) >= 11 is -0.483. The maximum absolute atomic E-state index is 7.04. The SMILES string of the molecule is CC(C)(C)c1csc([O][Zr]([O]c2cc(C(C)(C)C)cs2)([C]2=CC=CC2)[C]2=CC=CC2)c1. The Morgan fingerprint density at radius 3 is 1.42 bits per heavy atom. The first-order valence-corrected chi connectivity index (χ1v) is 17.1. The summed E-state index contributed by atoms with van der Waals surface area (Å²) in [6.45, 7) is 13.5. The molecule has 0 saturated heterocycles. The molecular formula is C26H32O2S2Zr. The van der Waals surface area contributed by atoms with E-state index in [1.807, 2.05) is 0 Å². The zero-order valence-corrected chi connectivity index (χ0v) is 23.4. The van der Waals surface area contributed by atoms with Gasteiger partial charge in [-0.3, -0.25) is 0 Å². The van der Waals surface area contributed by atoms with Crippen molar-refractivity contribution >= 4 is 22.7 Å². The molecule has 0 radical (unpaired) electrons. The molecule has 0 bridgehead atoms. The summed E-state index contributed by atoms with van der Waals surface area (Å²) in [6.07, 6.45) is 15.1. The summed E-state index contributed by atoms with van der Waals surface area (Å²) in [5, 5.41) is 6.43. The normalized spacial score (nSPS) is 16.6. The topological polar surface area (TPSA) is 18.5 Å². The molecule has 4 rings (SSSR count). The average molecular weight is 532 g/mol. The van der Waals surface area contributed by atoms with Gasteiger partial charge in [0.05, 0.1) is 0 Å². The molecule has 0 spiro atoms. The molecule has 2 heterocycles. The van der Waals surface area contributed by atoms with Gasteiger partial charge in [0.15, 0.2) is 0 Å². The molecule has 0 unspecified atom stereocenters. The van der Waals surface area contributed by atoms with E-state index in [0.717, 1.165) is 23.0 Å². The molecular weight excluding hydrogens is 500 g/mol. The van der Waals surface area contributed by atoms with Gasteiger partial charge in [-0.1, -0.05) is 0 Å². The molecule has 2 aliphatic carbocycles. The van der Waals surface area contributed by atoms with E-state index in [1.54, 1.807) is 22.7 Å². The molecule has 0 saturated carbocycles. The molecule has 2 aliphatic rings. The Labute approximate surface area is 200 Å². The van der Waals surface area contributed by atoms with Crippen LogP contribution in [0.25, 0.3) is 0 Å². The van der Waals surface area contributed by atoms with Crippen LogP contribution in [0.1, 0.15) is 65.5 Å². The molecule has 164 valence electrons. The Morgan fingerprint density at radius 2 is 1.13 bits per heavy atom. The fourth-order valence-corrected chi connectivity index (χ4v) is 15.1. The van der Waals surface area contributed by atoms with Crippen LogP contribution >= 0.6 is 22.7 Å². The van der Waals surface area contributed by atoms with E-state index in [2.05, 4.69) is 101 Å². The van der Waals surface area contributed by atoms with Gasteiger partial charge in [-0.05, 0) is 0 Å². The fraction of sp³-hybridized carbons (Fsp3) is 0.385. The van der Waals surface area contributed by atoms with Crippen molar-refractivity contribution in [1.82, 2.24) is 0 Å². The first-order valence-electron chi connectivity index (χ1n) is 10.9. The first kappa shape index (κ1) is 23.0. The summed E-state index contributed by atoms with van der Waals surface area (Å²) in [5.74, 6) is 0. The van der Waals surface area contributed by atoms with Crippen LogP contribution in [0.4, 0.5) is 0 Å². The molecule has 2 nitrogen and oxygen atoms in total. The Hall–Kier alpha value is -1.16. The van der Waals surface area contributed by atoms with Crippen LogP contribution in [0.15, 0.2) is 65.9 Å². The van der Waals surface area contributed by atoms with Gasteiger partial charge in [-0.15, -0.1) is 0 Å². The summed E-state index contributed by atoms with van der Waals surface area (Å²) < 4.78 is 16.8. The molecule has 31 heavy (non-hydrogen) atoms. The zero-order valence-electron chi connectivity index (χ0n) is 19.3. The maximum atomic E-state index is 7.04. The van der Waals surface area contributed by atoms with Gasteiger partial charge >= 0.3 is 202 Å². The van der Waals surface area contributed by atoms with E-state index >= 15 is 0 Å². The van der Waals surface area contributed by atoms with E-state index in [-0.39, 0.29) is 10.8 Å². The summed E-state index contributed by atoms with van der Waals surface area (Å²) in [4.78, 5) is 0. The molecule has 0 atom stereocenters. The molecule has 0 N–H and O–H groups in total. The Bertz CT molecular complexity index is 981. The van der Waals surface area contributed by atoms with Crippen molar-refractivity contribution in [3.05, 3.63) is 77.0 Å². The van der Waals surface area contributed by atoms with E-state index in [1.165, 1.54) is 17.7 Å². The Balaban J connectivity index is 1.75. The van der Waals surface area contributed by atoms with Crippen LogP contribution < -0.4 is 5.63 Å². The number of hydrogen-bond acceptors (Lipinski definition) is 4.